The van der Waals surface area contributed by atoms with E-state index in [2.05, 4.69) is 0 Å². The molecule has 0 spiro atoms. The van der Waals surface area contributed by atoms with Crippen molar-refractivity contribution in [1.82, 2.24) is 0 Å². The molecule has 0 aliphatic heterocycles. The molecule has 84 valence electrons. The lowest BCUT2D eigenvalue weighted by atomic mass is 10.1. The molecule has 0 fully saturated rings. The molecule has 15 heavy (non-hydrogen) atoms. The van der Waals surface area contributed by atoms with Gasteiger partial charge in [-0.2, -0.15) is 0 Å². The van der Waals surface area contributed by atoms with Gasteiger partial charge in [0.1, 0.15) is 11.6 Å². The van der Waals surface area contributed by atoms with Crippen LogP contribution in [0.1, 0.15) is 12.5 Å². The molecule has 0 amide bonds. The Kier molecular flexibility index (Phi) is 4.65. The van der Waals surface area contributed by atoms with E-state index in [9.17, 15) is 8.78 Å². The molecular weight excluding hydrogens is 200 g/mol. The lowest BCUT2D eigenvalue weighted by molar-refractivity contribution is 0.133. The summed E-state index contributed by atoms with van der Waals surface area (Å²) in [4.78, 5) is 0. The Balaban J connectivity index is 2.56. The van der Waals surface area contributed by atoms with Crippen molar-refractivity contribution >= 4 is 0 Å². The highest BCUT2D eigenvalue weighted by Crippen LogP contribution is 2.11. The second-order valence-corrected chi connectivity index (χ2v) is 3.36. The zero-order valence-electron chi connectivity index (χ0n) is 8.67. The van der Waals surface area contributed by atoms with E-state index in [0.717, 1.165) is 6.07 Å². The average Bonchev–Trinajstić information content (AvgIpc) is 2.19. The van der Waals surface area contributed by atoms with Crippen molar-refractivity contribution in [3.05, 3.63) is 35.4 Å². The molecule has 0 saturated heterocycles. The lowest BCUT2D eigenvalue weighted by Gasteiger charge is -2.11. The molecule has 1 aromatic carbocycles. The summed E-state index contributed by atoms with van der Waals surface area (Å²) in [5.41, 5.74) is 6.13. The second-order valence-electron chi connectivity index (χ2n) is 3.36. The van der Waals surface area contributed by atoms with Crippen LogP contribution < -0.4 is 5.73 Å². The molecule has 2 nitrogen and oxygen atoms in total. The predicted molar refractivity (Wildman–Crippen MR) is 54.5 cm³/mol. The van der Waals surface area contributed by atoms with Crippen molar-refractivity contribution in [1.29, 1.82) is 0 Å². The van der Waals surface area contributed by atoms with Gasteiger partial charge in [-0.15, -0.1) is 0 Å². The number of hydrogen-bond donors (Lipinski definition) is 1. The number of hydrogen-bond acceptors (Lipinski definition) is 2. The number of benzene rings is 1. The summed E-state index contributed by atoms with van der Waals surface area (Å²) in [6.07, 6.45) is 0.353. The SMILES string of the molecule is CCOCC(N)Cc1ccc(F)cc1F. The Bertz CT molecular complexity index is 317. The molecule has 0 bridgehead atoms. The van der Waals surface area contributed by atoms with Crippen molar-refractivity contribution in [2.24, 2.45) is 5.73 Å². The summed E-state index contributed by atoms with van der Waals surface area (Å²) in [6, 6.07) is 3.25. The first-order valence-corrected chi connectivity index (χ1v) is 4.90. The Morgan fingerprint density at radius 1 is 1.40 bits per heavy atom. The van der Waals surface area contributed by atoms with Crippen LogP contribution in [-0.2, 0) is 11.2 Å². The first-order valence-electron chi connectivity index (χ1n) is 4.90. The monoisotopic (exact) mass is 215 g/mol. The molecule has 0 aliphatic rings. The van der Waals surface area contributed by atoms with Crippen LogP contribution in [0.25, 0.3) is 0 Å². The molecule has 0 heterocycles. The van der Waals surface area contributed by atoms with Gasteiger partial charge in [-0.1, -0.05) is 6.07 Å². The van der Waals surface area contributed by atoms with Crippen LogP contribution in [0.4, 0.5) is 8.78 Å². The first-order chi connectivity index (χ1) is 7.13. The molecule has 1 rings (SSSR count). The van der Waals surface area contributed by atoms with E-state index in [1.54, 1.807) is 0 Å². The summed E-state index contributed by atoms with van der Waals surface area (Å²) >= 11 is 0. The quantitative estimate of drug-likeness (QED) is 0.813. The molecular formula is C11H15F2NO. The van der Waals surface area contributed by atoms with Gasteiger partial charge in [-0.3, -0.25) is 0 Å². The molecule has 0 aromatic heterocycles. The van der Waals surface area contributed by atoms with Gasteiger partial charge >= 0.3 is 0 Å². The smallest absolute Gasteiger partial charge is 0.129 e. The molecule has 1 unspecified atom stereocenters. The van der Waals surface area contributed by atoms with Gasteiger partial charge in [-0.25, -0.2) is 8.78 Å². The summed E-state index contributed by atoms with van der Waals surface area (Å²) in [5.74, 6) is -1.13. The Morgan fingerprint density at radius 2 is 2.13 bits per heavy atom. The van der Waals surface area contributed by atoms with Crippen LogP contribution in [0.5, 0.6) is 0 Å². The van der Waals surface area contributed by atoms with Crippen LogP contribution in [0.3, 0.4) is 0 Å². The van der Waals surface area contributed by atoms with Crippen molar-refractivity contribution in [2.75, 3.05) is 13.2 Å². The van der Waals surface area contributed by atoms with E-state index in [4.69, 9.17) is 10.5 Å². The van der Waals surface area contributed by atoms with Crippen molar-refractivity contribution in [3.63, 3.8) is 0 Å². The van der Waals surface area contributed by atoms with E-state index in [0.29, 0.717) is 25.2 Å². The van der Waals surface area contributed by atoms with E-state index in [1.807, 2.05) is 6.92 Å². The maximum absolute atomic E-state index is 13.2. The highest BCUT2D eigenvalue weighted by Gasteiger charge is 2.09. The number of nitrogens with two attached hydrogens (primary N) is 1. The van der Waals surface area contributed by atoms with E-state index >= 15 is 0 Å². The highest BCUT2D eigenvalue weighted by atomic mass is 19.1. The fourth-order valence-electron chi connectivity index (χ4n) is 1.30. The largest absolute Gasteiger partial charge is 0.380 e. The fraction of sp³-hybridized carbons (Fsp3) is 0.455. The van der Waals surface area contributed by atoms with Crippen molar-refractivity contribution in [2.45, 2.75) is 19.4 Å². The highest BCUT2D eigenvalue weighted by molar-refractivity contribution is 5.19. The molecule has 1 aromatic rings. The second kappa shape index (κ2) is 5.78. The molecule has 2 N–H and O–H groups in total. The average molecular weight is 215 g/mol. The zero-order valence-corrected chi connectivity index (χ0v) is 8.67. The van der Waals surface area contributed by atoms with Gasteiger partial charge in [0.2, 0.25) is 0 Å². The van der Waals surface area contributed by atoms with E-state index < -0.39 is 11.6 Å². The normalized spacial score (nSPS) is 12.8. The third-order valence-corrected chi connectivity index (χ3v) is 2.03. The molecule has 0 radical (unpaired) electrons. The van der Waals surface area contributed by atoms with Crippen LogP contribution in [-0.4, -0.2) is 19.3 Å². The minimum atomic E-state index is -0.574. The van der Waals surface area contributed by atoms with Gasteiger partial charge in [-0.05, 0) is 25.0 Å². The van der Waals surface area contributed by atoms with Gasteiger partial charge < -0.3 is 10.5 Å². The standard InChI is InChI=1S/C11H15F2NO/c1-2-15-7-10(14)5-8-3-4-9(12)6-11(8)13/h3-4,6,10H,2,5,7,14H2,1H3. The molecule has 0 aliphatic carbocycles. The number of rotatable bonds is 5. The fourth-order valence-corrected chi connectivity index (χ4v) is 1.30. The van der Waals surface area contributed by atoms with Gasteiger partial charge in [0, 0.05) is 18.7 Å². The van der Waals surface area contributed by atoms with Crippen molar-refractivity contribution in [3.8, 4) is 0 Å². The van der Waals surface area contributed by atoms with Gasteiger partial charge in [0.25, 0.3) is 0 Å². The summed E-state index contributed by atoms with van der Waals surface area (Å²) in [7, 11) is 0. The maximum atomic E-state index is 13.2. The van der Waals surface area contributed by atoms with Gasteiger partial charge in [0.05, 0.1) is 6.61 Å². The predicted octanol–water partition coefficient (Wildman–Crippen LogP) is 1.87. The van der Waals surface area contributed by atoms with Crippen LogP contribution in [0.15, 0.2) is 18.2 Å². The minimum absolute atomic E-state index is 0.259. The third kappa shape index (κ3) is 3.93. The summed E-state index contributed by atoms with van der Waals surface area (Å²) in [5, 5.41) is 0. The molecule has 1 atom stereocenters. The Hall–Kier alpha value is -1.00. The Labute approximate surface area is 88.0 Å². The lowest BCUT2D eigenvalue weighted by Crippen LogP contribution is -2.29. The number of ether oxygens (including phenoxy) is 1. The maximum Gasteiger partial charge on any atom is 0.129 e. The first kappa shape index (κ1) is 12.1. The van der Waals surface area contributed by atoms with Crippen LogP contribution >= 0.6 is 0 Å². The Morgan fingerprint density at radius 3 is 2.73 bits per heavy atom. The van der Waals surface area contributed by atoms with E-state index in [-0.39, 0.29) is 6.04 Å². The van der Waals surface area contributed by atoms with Crippen LogP contribution in [0, 0.1) is 11.6 Å². The topological polar surface area (TPSA) is 35.2 Å². The molecule has 0 saturated carbocycles. The molecule has 4 heteroatoms. The van der Waals surface area contributed by atoms with E-state index in [1.165, 1.54) is 12.1 Å². The summed E-state index contributed by atoms with van der Waals surface area (Å²) in [6.45, 7) is 2.83. The number of halogens is 2. The van der Waals surface area contributed by atoms with Gasteiger partial charge in [0.15, 0.2) is 0 Å². The minimum Gasteiger partial charge on any atom is -0.380 e. The zero-order chi connectivity index (χ0) is 11.3. The third-order valence-electron chi connectivity index (χ3n) is 2.03. The van der Waals surface area contributed by atoms with Crippen molar-refractivity contribution < 1.29 is 13.5 Å². The summed E-state index contributed by atoms with van der Waals surface area (Å²) < 4.78 is 30.9. The van der Waals surface area contributed by atoms with Crippen LogP contribution in [0.2, 0.25) is 0 Å².